The Morgan fingerprint density at radius 2 is 1.67 bits per heavy atom. The van der Waals surface area contributed by atoms with Crippen molar-refractivity contribution < 1.29 is 14.4 Å². The molecule has 0 saturated heterocycles. The zero-order valence-electron chi connectivity index (χ0n) is 14.9. The molecule has 6 heteroatoms. The lowest BCUT2D eigenvalue weighted by atomic mass is 9.94. The van der Waals surface area contributed by atoms with Crippen molar-refractivity contribution in [1.29, 1.82) is 0 Å². The molecule has 24 heavy (non-hydrogen) atoms. The summed E-state index contributed by atoms with van der Waals surface area (Å²) in [4.78, 5) is 37.7. The number of rotatable bonds is 7. The van der Waals surface area contributed by atoms with Gasteiger partial charge in [-0.2, -0.15) is 0 Å². The fourth-order valence-corrected chi connectivity index (χ4v) is 2.13. The van der Waals surface area contributed by atoms with Crippen molar-refractivity contribution in [3.8, 4) is 0 Å². The Labute approximate surface area is 143 Å². The molecule has 0 aliphatic heterocycles. The SMILES string of the molecule is CCCN(CC(=O)NCC(=O)Nc1ccccc1)C(=O)C(C)(C)C. The fraction of sp³-hybridized carbons (Fsp3) is 0.500. The highest BCUT2D eigenvalue weighted by atomic mass is 16.2. The van der Waals surface area contributed by atoms with Crippen LogP contribution in [-0.2, 0) is 14.4 Å². The highest BCUT2D eigenvalue weighted by Gasteiger charge is 2.28. The molecule has 0 unspecified atom stereocenters. The first-order valence-electron chi connectivity index (χ1n) is 8.15. The van der Waals surface area contributed by atoms with Crippen molar-refractivity contribution in [2.24, 2.45) is 5.41 Å². The lowest BCUT2D eigenvalue weighted by molar-refractivity contribution is -0.142. The standard InChI is InChI=1S/C18H27N3O3/c1-5-11-21(17(24)18(2,3)4)13-16(23)19-12-15(22)20-14-9-7-6-8-10-14/h6-10H,5,11-13H2,1-4H3,(H,19,23)(H,20,22). The number of carbonyl (C=O) groups is 3. The minimum Gasteiger partial charge on any atom is -0.345 e. The normalized spacial score (nSPS) is 10.8. The number of nitrogens with one attached hydrogen (secondary N) is 2. The average Bonchev–Trinajstić information content (AvgIpc) is 2.52. The smallest absolute Gasteiger partial charge is 0.243 e. The van der Waals surface area contributed by atoms with Gasteiger partial charge in [-0.05, 0) is 18.6 Å². The van der Waals surface area contributed by atoms with Gasteiger partial charge in [-0.1, -0.05) is 45.9 Å². The first-order valence-corrected chi connectivity index (χ1v) is 8.15. The van der Waals surface area contributed by atoms with Crippen LogP contribution >= 0.6 is 0 Å². The molecule has 0 spiro atoms. The molecule has 132 valence electrons. The van der Waals surface area contributed by atoms with E-state index < -0.39 is 5.41 Å². The van der Waals surface area contributed by atoms with Crippen molar-refractivity contribution >= 4 is 23.4 Å². The van der Waals surface area contributed by atoms with Gasteiger partial charge in [0.1, 0.15) is 0 Å². The number of hydrogen-bond donors (Lipinski definition) is 2. The molecule has 0 radical (unpaired) electrons. The van der Waals surface area contributed by atoms with Crippen LogP contribution in [0.25, 0.3) is 0 Å². The van der Waals surface area contributed by atoms with Crippen molar-refractivity contribution in [3.63, 3.8) is 0 Å². The van der Waals surface area contributed by atoms with Crippen LogP contribution in [0.2, 0.25) is 0 Å². The third kappa shape index (κ3) is 6.81. The monoisotopic (exact) mass is 333 g/mol. The van der Waals surface area contributed by atoms with E-state index in [0.717, 1.165) is 6.42 Å². The second kappa shape index (κ2) is 9.05. The van der Waals surface area contributed by atoms with Gasteiger partial charge >= 0.3 is 0 Å². The summed E-state index contributed by atoms with van der Waals surface area (Å²) >= 11 is 0. The molecule has 0 aliphatic rings. The lowest BCUT2D eigenvalue weighted by Gasteiger charge is -2.28. The first-order chi connectivity index (χ1) is 11.2. The van der Waals surface area contributed by atoms with Crippen molar-refractivity contribution in [2.75, 3.05) is 25.0 Å². The summed E-state index contributed by atoms with van der Waals surface area (Å²) in [7, 11) is 0. The summed E-state index contributed by atoms with van der Waals surface area (Å²) in [6.07, 6.45) is 0.767. The Kier molecular flexibility index (Phi) is 7.42. The maximum atomic E-state index is 12.3. The Hall–Kier alpha value is -2.37. The molecule has 1 aromatic carbocycles. The highest BCUT2D eigenvalue weighted by molar-refractivity contribution is 5.95. The summed E-state index contributed by atoms with van der Waals surface area (Å²) < 4.78 is 0. The third-order valence-corrected chi connectivity index (χ3v) is 3.26. The number of benzene rings is 1. The van der Waals surface area contributed by atoms with Crippen LogP contribution in [-0.4, -0.2) is 42.3 Å². The van der Waals surface area contributed by atoms with E-state index in [1.807, 2.05) is 45.9 Å². The molecular formula is C18H27N3O3. The summed E-state index contributed by atoms with van der Waals surface area (Å²) in [5.41, 5.74) is 0.132. The van der Waals surface area contributed by atoms with E-state index in [4.69, 9.17) is 0 Å². The zero-order valence-corrected chi connectivity index (χ0v) is 14.9. The average molecular weight is 333 g/mol. The predicted octanol–water partition coefficient (Wildman–Crippen LogP) is 2.03. The second-order valence-corrected chi connectivity index (χ2v) is 6.67. The molecule has 1 rings (SSSR count). The molecule has 1 aromatic rings. The molecule has 6 nitrogen and oxygen atoms in total. The number of anilines is 1. The molecular weight excluding hydrogens is 306 g/mol. The van der Waals surface area contributed by atoms with Crippen LogP contribution in [0.4, 0.5) is 5.69 Å². The number of amides is 3. The van der Waals surface area contributed by atoms with Crippen LogP contribution in [0.1, 0.15) is 34.1 Å². The maximum Gasteiger partial charge on any atom is 0.243 e. The number of carbonyl (C=O) groups excluding carboxylic acids is 3. The molecule has 3 amide bonds. The van der Waals surface area contributed by atoms with Gasteiger partial charge < -0.3 is 15.5 Å². The van der Waals surface area contributed by atoms with Crippen molar-refractivity contribution in [3.05, 3.63) is 30.3 Å². The van der Waals surface area contributed by atoms with Gasteiger partial charge in [-0.15, -0.1) is 0 Å². The number of nitrogens with zero attached hydrogens (tertiary/aromatic N) is 1. The van der Waals surface area contributed by atoms with Crippen LogP contribution in [0, 0.1) is 5.41 Å². The Balaban J connectivity index is 2.48. The minimum absolute atomic E-state index is 0.0391. The van der Waals surface area contributed by atoms with E-state index in [1.165, 1.54) is 4.90 Å². The summed E-state index contributed by atoms with van der Waals surface area (Å²) in [5, 5.41) is 5.24. The molecule has 0 saturated carbocycles. The van der Waals surface area contributed by atoms with Gasteiger partial charge in [0.25, 0.3) is 0 Å². The number of para-hydroxylation sites is 1. The van der Waals surface area contributed by atoms with E-state index in [1.54, 1.807) is 12.1 Å². The van der Waals surface area contributed by atoms with E-state index in [0.29, 0.717) is 12.2 Å². The molecule has 0 fully saturated rings. The molecule has 0 heterocycles. The molecule has 0 bridgehead atoms. The van der Waals surface area contributed by atoms with E-state index >= 15 is 0 Å². The fourth-order valence-electron chi connectivity index (χ4n) is 2.13. The van der Waals surface area contributed by atoms with E-state index in [2.05, 4.69) is 10.6 Å². The van der Waals surface area contributed by atoms with Gasteiger partial charge in [0.15, 0.2) is 0 Å². The summed E-state index contributed by atoms with van der Waals surface area (Å²) in [6.45, 7) is 7.77. The molecule has 2 N–H and O–H groups in total. The van der Waals surface area contributed by atoms with Gasteiger partial charge in [0, 0.05) is 17.6 Å². The molecule has 0 aromatic heterocycles. The van der Waals surface area contributed by atoms with Gasteiger partial charge in [0.05, 0.1) is 13.1 Å². The lowest BCUT2D eigenvalue weighted by Crippen LogP contribution is -2.46. The summed E-state index contributed by atoms with van der Waals surface area (Å²) in [5.74, 6) is -0.726. The zero-order chi connectivity index (χ0) is 18.2. The van der Waals surface area contributed by atoms with Gasteiger partial charge in [0.2, 0.25) is 17.7 Å². The summed E-state index contributed by atoms with van der Waals surface area (Å²) in [6, 6.07) is 9.02. The third-order valence-electron chi connectivity index (χ3n) is 3.26. The van der Waals surface area contributed by atoms with Crippen LogP contribution in [0.15, 0.2) is 30.3 Å². The van der Waals surface area contributed by atoms with Crippen molar-refractivity contribution in [1.82, 2.24) is 10.2 Å². The van der Waals surface area contributed by atoms with Crippen LogP contribution < -0.4 is 10.6 Å². The Morgan fingerprint density at radius 3 is 2.21 bits per heavy atom. The Morgan fingerprint density at radius 1 is 1.04 bits per heavy atom. The van der Waals surface area contributed by atoms with Crippen LogP contribution in [0.5, 0.6) is 0 Å². The quantitative estimate of drug-likeness (QED) is 0.801. The first kappa shape index (κ1) is 19.7. The van der Waals surface area contributed by atoms with E-state index in [-0.39, 0.29) is 30.8 Å². The number of hydrogen-bond acceptors (Lipinski definition) is 3. The van der Waals surface area contributed by atoms with Gasteiger partial charge in [-0.3, -0.25) is 14.4 Å². The molecule has 0 atom stereocenters. The highest BCUT2D eigenvalue weighted by Crippen LogP contribution is 2.17. The minimum atomic E-state index is -0.542. The topological polar surface area (TPSA) is 78.5 Å². The van der Waals surface area contributed by atoms with E-state index in [9.17, 15) is 14.4 Å². The largest absolute Gasteiger partial charge is 0.345 e. The second-order valence-electron chi connectivity index (χ2n) is 6.67. The van der Waals surface area contributed by atoms with Crippen LogP contribution in [0.3, 0.4) is 0 Å². The maximum absolute atomic E-state index is 12.3. The Bertz CT molecular complexity index is 565. The predicted molar refractivity (Wildman–Crippen MR) is 94.4 cm³/mol. The van der Waals surface area contributed by atoms with Gasteiger partial charge in [-0.25, -0.2) is 0 Å². The van der Waals surface area contributed by atoms with Crippen molar-refractivity contribution in [2.45, 2.75) is 34.1 Å². The molecule has 0 aliphatic carbocycles.